The van der Waals surface area contributed by atoms with Gasteiger partial charge in [-0.3, -0.25) is 9.52 Å². The number of sulfonamides is 1. The minimum atomic E-state index is -3.80. The predicted octanol–water partition coefficient (Wildman–Crippen LogP) is 2.94. The lowest BCUT2D eigenvalue weighted by atomic mass is 10.3. The molecule has 3 rings (SSSR count). The Morgan fingerprint density at radius 2 is 1.69 bits per heavy atom. The molecule has 0 aliphatic heterocycles. The van der Waals surface area contributed by atoms with Crippen molar-refractivity contribution in [2.75, 3.05) is 10.0 Å². The maximum Gasteiger partial charge on any atom is 0.263 e. The minimum Gasteiger partial charge on any atom is -0.326 e. The number of amides is 1. The van der Waals surface area contributed by atoms with E-state index < -0.39 is 10.0 Å². The third-order valence-corrected chi connectivity index (χ3v) is 4.93. The van der Waals surface area contributed by atoms with Crippen molar-refractivity contribution in [1.29, 1.82) is 0 Å². The number of aromatic nitrogens is 2. The van der Waals surface area contributed by atoms with E-state index in [0.29, 0.717) is 17.2 Å². The molecular weight excluding hydrogens is 352 g/mol. The maximum atomic E-state index is 12.7. The predicted molar refractivity (Wildman–Crippen MR) is 99.9 cm³/mol. The molecule has 0 bridgehead atoms. The van der Waals surface area contributed by atoms with Crippen LogP contribution in [0, 0.1) is 6.92 Å². The first-order valence-electron chi connectivity index (χ1n) is 7.88. The van der Waals surface area contributed by atoms with E-state index in [0.717, 1.165) is 5.69 Å². The summed E-state index contributed by atoms with van der Waals surface area (Å²) in [6.45, 7) is 3.18. The number of nitrogens with zero attached hydrogens (tertiary/aromatic N) is 2. The molecule has 0 aliphatic carbocycles. The molecule has 134 valence electrons. The Bertz CT molecular complexity index is 1030. The second-order valence-electron chi connectivity index (χ2n) is 5.73. The zero-order valence-corrected chi connectivity index (χ0v) is 15.1. The van der Waals surface area contributed by atoms with E-state index in [1.54, 1.807) is 17.7 Å². The molecule has 1 amide bonds. The SMILES string of the molecule is CC(=O)Nc1ccc(S(=O)(=O)Nc2cc(C)nn2-c2ccccc2)cc1. The summed E-state index contributed by atoms with van der Waals surface area (Å²) in [4.78, 5) is 11.1. The van der Waals surface area contributed by atoms with E-state index in [9.17, 15) is 13.2 Å². The Hall–Kier alpha value is -3.13. The number of rotatable bonds is 5. The van der Waals surface area contributed by atoms with Crippen LogP contribution in [0.5, 0.6) is 0 Å². The summed E-state index contributed by atoms with van der Waals surface area (Å²) < 4.78 is 29.5. The van der Waals surface area contributed by atoms with Gasteiger partial charge in [-0.2, -0.15) is 5.10 Å². The number of para-hydroxylation sites is 1. The van der Waals surface area contributed by atoms with Gasteiger partial charge in [0.2, 0.25) is 5.91 Å². The molecule has 0 unspecified atom stereocenters. The van der Waals surface area contributed by atoms with E-state index in [1.807, 2.05) is 30.3 Å². The molecule has 0 saturated heterocycles. The van der Waals surface area contributed by atoms with Crippen LogP contribution in [0.15, 0.2) is 65.6 Å². The van der Waals surface area contributed by atoms with Crippen molar-refractivity contribution in [3.8, 4) is 5.69 Å². The third-order valence-electron chi connectivity index (χ3n) is 3.56. The smallest absolute Gasteiger partial charge is 0.263 e. The fourth-order valence-corrected chi connectivity index (χ4v) is 3.49. The van der Waals surface area contributed by atoms with E-state index >= 15 is 0 Å². The monoisotopic (exact) mass is 370 g/mol. The maximum absolute atomic E-state index is 12.7. The number of anilines is 2. The van der Waals surface area contributed by atoms with Gasteiger partial charge in [-0.25, -0.2) is 13.1 Å². The fourth-order valence-electron chi connectivity index (χ4n) is 2.46. The largest absolute Gasteiger partial charge is 0.326 e. The fraction of sp³-hybridized carbons (Fsp3) is 0.111. The highest BCUT2D eigenvalue weighted by Gasteiger charge is 2.18. The number of nitrogens with one attached hydrogen (secondary N) is 2. The van der Waals surface area contributed by atoms with Gasteiger partial charge in [0.15, 0.2) is 0 Å². The van der Waals surface area contributed by atoms with E-state index in [-0.39, 0.29) is 10.8 Å². The molecule has 8 heteroatoms. The van der Waals surface area contributed by atoms with Gasteiger partial charge in [0.05, 0.1) is 16.3 Å². The van der Waals surface area contributed by atoms with Crippen LogP contribution in [0.25, 0.3) is 5.69 Å². The van der Waals surface area contributed by atoms with Crippen LogP contribution >= 0.6 is 0 Å². The molecule has 0 fully saturated rings. The lowest BCUT2D eigenvalue weighted by Crippen LogP contribution is -2.16. The summed E-state index contributed by atoms with van der Waals surface area (Å²) in [7, 11) is -3.80. The molecule has 0 radical (unpaired) electrons. The van der Waals surface area contributed by atoms with Crippen LogP contribution in [0.2, 0.25) is 0 Å². The van der Waals surface area contributed by atoms with E-state index in [4.69, 9.17) is 0 Å². The molecule has 0 spiro atoms. The Labute approximate surface area is 151 Å². The van der Waals surface area contributed by atoms with Gasteiger partial charge in [0.25, 0.3) is 10.0 Å². The summed E-state index contributed by atoms with van der Waals surface area (Å²) in [5.41, 5.74) is 1.97. The summed E-state index contributed by atoms with van der Waals surface area (Å²) >= 11 is 0. The van der Waals surface area contributed by atoms with Crippen molar-refractivity contribution in [2.45, 2.75) is 18.7 Å². The Kier molecular flexibility index (Phi) is 4.77. The number of carbonyl (C=O) groups excluding carboxylic acids is 1. The minimum absolute atomic E-state index is 0.0880. The second kappa shape index (κ2) is 7.01. The second-order valence-corrected chi connectivity index (χ2v) is 7.41. The van der Waals surface area contributed by atoms with E-state index in [2.05, 4.69) is 15.1 Å². The van der Waals surface area contributed by atoms with Gasteiger partial charge in [-0.15, -0.1) is 0 Å². The Balaban J connectivity index is 1.90. The average molecular weight is 370 g/mol. The highest BCUT2D eigenvalue weighted by Crippen LogP contribution is 2.21. The van der Waals surface area contributed by atoms with Crippen LogP contribution in [0.3, 0.4) is 0 Å². The molecule has 7 nitrogen and oxygen atoms in total. The average Bonchev–Trinajstić information content (AvgIpc) is 2.95. The zero-order valence-electron chi connectivity index (χ0n) is 14.3. The molecule has 3 aromatic rings. The molecule has 0 atom stereocenters. The molecule has 2 N–H and O–H groups in total. The molecule has 0 saturated carbocycles. The topological polar surface area (TPSA) is 93.1 Å². The molecular formula is C18H18N4O3S. The molecule has 1 aromatic heterocycles. The highest BCUT2D eigenvalue weighted by atomic mass is 32.2. The summed E-state index contributed by atoms with van der Waals surface area (Å²) in [6, 6.07) is 16.9. The lowest BCUT2D eigenvalue weighted by Gasteiger charge is -2.11. The molecule has 2 aromatic carbocycles. The summed E-state index contributed by atoms with van der Waals surface area (Å²) in [5.74, 6) is 0.126. The van der Waals surface area contributed by atoms with Crippen molar-refractivity contribution in [1.82, 2.24) is 9.78 Å². The standard InChI is InChI=1S/C18H18N4O3S/c1-13-12-18(22(20-13)16-6-4-3-5-7-16)21-26(24,25)17-10-8-15(9-11-17)19-14(2)23/h3-12,21H,1-2H3,(H,19,23). The van der Waals surface area contributed by atoms with Gasteiger partial charge in [0, 0.05) is 18.7 Å². The molecule has 1 heterocycles. The quantitative estimate of drug-likeness (QED) is 0.722. The number of aryl methyl sites for hydroxylation is 1. The van der Waals surface area contributed by atoms with Crippen LogP contribution in [-0.4, -0.2) is 24.1 Å². The van der Waals surface area contributed by atoms with Crippen LogP contribution in [0.4, 0.5) is 11.5 Å². The Morgan fingerprint density at radius 3 is 2.31 bits per heavy atom. The first-order chi connectivity index (χ1) is 12.3. The number of benzene rings is 2. The molecule has 0 aliphatic rings. The van der Waals surface area contributed by atoms with Crippen molar-refractivity contribution in [3.05, 3.63) is 66.4 Å². The first-order valence-corrected chi connectivity index (χ1v) is 9.36. The van der Waals surface area contributed by atoms with Crippen LogP contribution in [-0.2, 0) is 14.8 Å². The van der Waals surface area contributed by atoms with Crippen LogP contribution in [0.1, 0.15) is 12.6 Å². The molecule has 26 heavy (non-hydrogen) atoms. The summed E-state index contributed by atoms with van der Waals surface area (Å²) in [6.07, 6.45) is 0. The number of carbonyl (C=O) groups is 1. The van der Waals surface area contributed by atoms with Gasteiger partial charge < -0.3 is 5.32 Å². The van der Waals surface area contributed by atoms with Gasteiger partial charge in [-0.1, -0.05) is 18.2 Å². The van der Waals surface area contributed by atoms with Crippen molar-refractivity contribution in [3.63, 3.8) is 0 Å². The third kappa shape index (κ3) is 3.92. The van der Waals surface area contributed by atoms with Crippen molar-refractivity contribution >= 4 is 27.4 Å². The van der Waals surface area contributed by atoms with Crippen molar-refractivity contribution < 1.29 is 13.2 Å². The zero-order chi connectivity index (χ0) is 18.7. The summed E-state index contributed by atoms with van der Waals surface area (Å²) in [5, 5.41) is 6.95. The lowest BCUT2D eigenvalue weighted by molar-refractivity contribution is -0.114. The van der Waals surface area contributed by atoms with Crippen LogP contribution < -0.4 is 10.0 Å². The highest BCUT2D eigenvalue weighted by molar-refractivity contribution is 7.92. The van der Waals surface area contributed by atoms with Crippen molar-refractivity contribution in [2.24, 2.45) is 0 Å². The Morgan fingerprint density at radius 1 is 1.04 bits per heavy atom. The first kappa shape index (κ1) is 17.7. The van der Waals surface area contributed by atoms with Gasteiger partial charge in [-0.05, 0) is 43.3 Å². The van der Waals surface area contributed by atoms with E-state index in [1.165, 1.54) is 31.2 Å². The normalized spacial score (nSPS) is 11.2. The van der Waals surface area contributed by atoms with Gasteiger partial charge >= 0.3 is 0 Å². The number of hydrogen-bond donors (Lipinski definition) is 2. The van der Waals surface area contributed by atoms with Gasteiger partial charge in [0.1, 0.15) is 5.82 Å². The number of hydrogen-bond acceptors (Lipinski definition) is 4.